The molecule has 1 aromatic rings. The number of anilines is 1. The number of nitrogens with two attached hydrogens (primary N) is 1. The van der Waals surface area contributed by atoms with Crippen molar-refractivity contribution in [2.24, 2.45) is 5.73 Å². The van der Waals surface area contributed by atoms with Gasteiger partial charge in [-0.3, -0.25) is 9.69 Å². The smallest absolute Gasteiger partial charge is 0.267 e. The Morgan fingerprint density at radius 1 is 1.35 bits per heavy atom. The molecule has 0 bridgehead atoms. The number of hydrogen-bond acceptors (Lipinski definition) is 5. The molecule has 1 fully saturated rings. The minimum absolute atomic E-state index is 0.0668. The van der Waals surface area contributed by atoms with Gasteiger partial charge in [-0.1, -0.05) is 23.7 Å². The Bertz CT molecular complexity index is 617. The highest BCUT2D eigenvalue weighted by molar-refractivity contribution is 6.33. The number of halogens is 1. The Labute approximate surface area is 141 Å². The molecule has 7 heteroatoms. The summed E-state index contributed by atoms with van der Waals surface area (Å²) in [5.74, 6) is -0.454. The van der Waals surface area contributed by atoms with Crippen molar-refractivity contribution < 1.29 is 4.79 Å². The fraction of sp³-hybridized carbons (Fsp3) is 0.375. The van der Waals surface area contributed by atoms with Crippen molar-refractivity contribution in [2.75, 3.05) is 44.6 Å². The molecule has 0 radical (unpaired) electrons. The van der Waals surface area contributed by atoms with Gasteiger partial charge in [0, 0.05) is 45.5 Å². The second-order valence-electron chi connectivity index (χ2n) is 5.25. The highest BCUT2D eigenvalue weighted by Crippen LogP contribution is 2.21. The topological polar surface area (TPSA) is 85.4 Å². The third kappa shape index (κ3) is 4.96. The highest BCUT2D eigenvalue weighted by atomic mass is 35.5. The van der Waals surface area contributed by atoms with E-state index >= 15 is 0 Å². The number of nitrogens with one attached hydrogen (secondary N) is 1. The van der Waals surface area contributed by atoms with Crippen molar-refractivity contribution >= 4 is 23.2 Å². The number of carbonyl (C=O) groups excluding carboxylic acids is 1. The van der Waals surface area contributed by atoms with E-state index in [0.717, 1.165) is 32.7 Å². The molecule has 1 aromatic carbocycles. The SMILES string of the molecule is N#C/C(=C/N1CCN(CCN)CC1)C(=O)Nc1ccccc1Cl. The second-order valence-corrected chi connectivity index (χ2v) is 5.66. The minimum Gasteiger partial charge on any atom is -0.374 e. The quantitative estimate of drug-likeness (QED) is 0.626. The molecule has 0 aliphatic carbocycles. The molecule has 1 amide bonds. The number of rotatable bonds is 5. The predicted octanol–water partition coefficient (Wildman–Crippen LogP) is 1.26. The summed E-state index contributed by atoms with van der Waals surface area (Å²) in [6.45, 7) is 4.79. The number of nitrogens with zero attached hydrogens (tertiary/aromatic N) is 3. The van der Waals surface area contributed by atoms with Crippen LogP contribution < -0.4 is 11.1 Å². The van der Waals surface area contributed by atoms with Gasteiger partial charge in [-0.2, -0.15) is 5.26 Å². The molecule has 122 valence electrons. The molecule has 6 nitrogen and oxygen atoms in total. The van der Waals surface area contributed by atoms with Crippen LogP contribution in [-0.2, 0) is 4.79 Å². The molecule has 0 atom stereocenters. The largest absolute Gasteiger partial charge is 0.374 e. The van der Waals surface area contributed by atoms with E-state index < -0.39 is 5.91 Å². The molecule has 0 unspecified atom stereocenters. The first-order chi connectivity index (χ1) is 11.1. The normalized spacial score (nSPS) is 16.0. The third-order valence-electron chi connectivity index (χ3n) is 3.65. The Morgan fingerprint density at radius 2 is 2.04 bits per heavy atom. The van der Waals surface area contributed by atoms with E-state index in [4.69, 9.17) is 17.3 Å². The van der Waals surface area contributed by atoms with Crippen LogP contribution in [0.25, 0.3) is 0 Å². The van der Waals surface area contributed by atoms with Crippen molar-refractivity contribution in [3.05, 3.63) is 41.1 Å². The van der Waals surface area contributed by atoms with Gasteiger partial charge in [0.2, 0.25) is 0 Å². The number of amides is 1. The van der Waals surface area contributed by atoms with Crippen molar-refractivity contribution in [3.8, 4) is 6.07 Å². The van der Waals surface area contributed by atoms with Gasteiger partial charge in [0.15, 0.2) is 0 Å². The molecule has 1 heterocycles. The van der Waals surface area contributed by atoms with Crippen molar-refractivity contribution in [2.45, 2.75) is 0 Å². The number of carbonyl (C=O) groups is 1. The maximum atomic E-state index is 12.2. The van der Waals surface area contributed by atoms with Crippen LogP contribution in [0.3, 0.4) is 0 Å². The maximum Gasteiger partial charge on any atom is 0.267 e. The van der Waals surface area contributed by atoms with Crippen LogP contribution in [0.4, 0.5) is 5.69 Å². The van der Waals surface area contributed by atoms with Crippen LogP contribution in [0.2, 0.25) is 5.02 Å². The van der Waals surface area contributed by atoms with Crippen LogP contribution in [0.1, 0.15) is 0 Å². The van der Waals surface area contributed by atoms with Crippen molar-refractivity contribution in [1.82, 2.24) is 9.80 Å². The van der Waals surface area contributed by atoms with Crippen LogP contribution in [0, 0.1) is 11.3 Å². The minimum atomic E-state index is -0.454. The third-order valence-corrected chi connectivity index (χ3v) is 3.98. The van der Waals surface area contributed by atoms with Gasteiger partial charge in [-0.15, -0.1) is 0 Å². The molecule has 0 aromatic heterocycles. The zero-order valence-electron chi connectivity index (χ0n) is 12.8. The molecule has 0 spiro atoms. The standard InChI is InChI=1S/C16H20ClN5O/c17-14-3-1-2-4-15(14)20-16(23)13(11-19)12-22-9-7-21(6-5-18)8-10-22/h1-4,12H,5-10,18H2,(H,20,23)/b13-12-. The maximum absolute atomic E-state index is 12.2. The summed E-state index contributed by atoms with van der Waals surface area (Å²) < 4.78 is 0. The Kier molecular flexibility index (Phi) is 6.41. The molecule has 2 rings (SSSR count). The fourth-order valence-corrected chi connectivity index (χ4v) is 2.55. The van der Waals surface area contributed by atoms with E-state index in [1.54, 1.807) is 30.5 Å². The lowest BCUT2D eigenvalue weighted by Crippen LogP contribution is -2.45. The molecule has 1 aliphatic heterocycles. The average molecular weight is 334 g/mol. The van der Waals surface area contributed by atoms with Crippen LogP contribution >= 0.6 is 11.6 Å². The van der Waals surface area contributed by atoms with E-state index in [1.165, 1.54) is 0 Å². The van der Waals surface area contributed by atoms with Gasteiger partial charge in [0.25, 0.3) is 5.91 Å². The summed E-state index contributed by atoms with van der Waals surface area (Å²) in [5, 5.41) is 12.3. The first-order valence-electron chi connectivity index (χ1n) is 7.48. The van der Waals surface area contributed by atoms with Gasteiger partial charge in [-0.05, 0) is 12.1 Å². The Morgan fingerprint density at radius 3 is 2.65 bits per heavy atom. The van der Waals surface area contributed by atoms with E-state index in [1.807, 2.05) is 11.0 Å². The molecule has 1 aliphatic rings. The van der Waals surface area contributed by atoms with Gasteiger partial charge < -0.3 is 16.0 Å². The Balaban J connectivity index is 1.98. The lowest BCUT2D eigenvalue weighted by atomic mass is 10.2. The van der Waals surface area contributed by atoms with Crippen LogP contribution in [0.15, 0.2) is 36.0 Å². The zero-order chi connectivity index (χ0) is 16.7. The highest BCUT2D eigenvalue weighted by Gasteiger charge is 2.17. The number of piperazine rings is 1. The number of nitriles is 1. The predicted molar refractivity (Wildman–Crippen MR) is 90.8 cm³/mol. The summed E-state index contributed by atoms with van der Waals surface area (Å²) in [7, 11) is 0. The van der Waals surface area contributed by atoms with E-state index in [2.05, 4.69) is 10.2 Å². The van der Waals surface area contributed by atoms with E-state index in [9.17, 15) is 10.1 Å². The lowest BCUT2D eigenvalue weighted by Gasteiger charge is -2.33. The van der Waals surface area contributed by atoms with Gasteiger partial charge in [0.05, 0.1) is 10.7 Å². The van der Waals surface area contributed by atoms with Crippen molar-refractivity contribution in [1.29, 1.82) is 5.26 Å². The number of benzene rings is 1. The van der Waals surface area contributed by atoms with Crippen LogP contribution in [-0.4, -0.2) is 55.0 Å². The van der Waals surface area contributed by atoms with E-state index in [-0.39, 0.29) is 5.57 Å². The lowest BCUT2D eigenvalue weighted by molar-refractivity contribution is -0.112. The number of para-hydroxylation sites is 1. The molecular formula is C16H20ClN5O. The summed E-state index contributed by atoms with van der Waals surface area (Å²) in [6.07, 6.45) is 1.62. The summed E-state index contributed by atoms with van der Waals surface area (Å²) in [4.78, 5) is 16.5. The molecule has 23 heavy (non-hydrogen) atoms. The Hall–Kier alpha value is -2.07. The molecule has 0 saturated carbocycles. The van der Waals surface area contributed by atoms with E-state index in [0.29, 0.717) is 17.3 Å². The average Bonchev–Trinajstić information content (AvgIpc) is 2.56. The second kappa shape index (κ2) is 8.53. The zero-order valence-corrected chi connectivity index (χ0v) is 13.6. The molecule has 1 saturated heterocycles. The first-order valence-corrected chi connectivity index (χ1v) is 7.86. The summed E-state index contributed by atoms with van der Waals surface area (Å²) >= 11 is 6.01. The van der Waals surface area contributed by atoms with Gasteiger partial charge in [0.1, 0.15) is 11.6 Å². The van der Waals surface area contributed by atoms with Crippen LogP contribution in [0.5, 0.6) is 0 Å². The van der Waals surface area contributed by atoms with Gasteiger partial charge >= 0.3 is 0 Å². The van der Waals surface area contributed by atoms with Crippen molar-refractivity contribution in [3.63, 3.8) is 0 Å². The summed E-state index contributed by atoms with van der Waals surface area (Å²) in [6, 6.07) is 8.88. The fourth-order valence-electron chi connectivity index (χ4n) is 2.37. The molecular weight excluding hydrogens is 314 g/mol. The van der Waals surface area contributed by atoms with Gasteiger partial charge in [-0.25, -0.2) is 0 Å². The first kappa shape index (κ1) is 17.3. The monoisotopic (exact) mass is 333 g/mol. The summed E-state index contributed by atoms with van der Waals surface area (Å²) in [5.41, 5.74) is 6.11. The number of hydrogen-bond donors (Lipinski definition) is 2. The molecule has 3 N–H and O–H groups in total.